The fourth-order valence-electron chi connectivity index (χ4n) is 2.98. The Labute approximate surface area is 163 Å². The molecule has 1 aromatic carbocycles. The number of fused-ring (bicyclic) bond motifs is 1. The molecule has 4 nitrogen and oxygen atoms in total. The van der Waals surface area contributed by atoms with E-state index >= 15 is 0 Å². The van der Waals surface area contributed by atoms with Crippen molar-refractivity contribution in [2.24, 2.45) is 4.99 Å². The van der Waals surface area contributed by atoms with E-state index in [9.17, 15) is 4.79 Å². The van der Waals surface area contributed by atoms with Crippen LogP contribution in [0.2, 0.25) is 0 Å². The highest BCUT2D eigenvalue weighted by Gasteiger charge is 2.11. The van der Waals surface area contributed by atoms with Crippen LogP contribution in [0.25, 0.3) is 11.0 Å². The van der Waals surface area contributed by atoms with Gasteiger partial charge >= 0.3 is 5.63 Å². The van der Waals surface area contributed by atoms with Gasteiger partial charge in [0.1, 0.15) is 11.6 Å². The van der Waals surface area contributed by atoms with Gasteiger partial charge in [0, 0.05) is 22.9 Å². The summed E-state index contributed by atoms with van der Waals surface area (Å²) in [7, 11) is 0. The molecular weight excluding hydrogens is 356 g/mol. The summed E-state index contributed by atoms with van der Waals surface area (Å²) in [5.41, 5.74) is 5.74. The van der Waals surface area contributed by atoms with Crippen molar-refractivity contribution in [3.05, 3.63) is 80.9 Å². The first-order valence-corrected chi connectivity index (χ1v) is 10.0. The van der Waals surface area contributed by atoms with Crippen LogP contribution in [0.3, 0.4) is 0 Å². The summed E-state index contributed by atoms with van der Waals surface area (Å²) in [6.07, 6.45) is 8.21. The molecule has 0 amide bonds. The van der Waals surface area contributed by atoms with Crippen molar-refractivity contribution in [1.29, 1.82) is 0 Å². The molecule has 1 unspecified atom stereocenters. The van der Waals surface area contributed by atoms with Crippen molar-refractivity contribution in [2.75, 3.05) is 5.88 Å². The van der Waals surface area contributed by atoms with Crippen molar-refractivity contribution in [3.63, 3.8) is 0 Å². The van der Waals surface area contributed by atoms with Crippen molar-refractivity contribution in [1.82, 2.24) is 5.32 Å². The molecular formula is C22H24N2O2S. The summed E-state index contributed by atoms with van der Waals surface area (Å²) in [5, 5.41) is 4.44. The number of allylic oxidation sites excluding steroid dienone is 4. The molecule has 0 bridgehead atoms. The van der Waals surface area contributed by atoms with Gasteiger partial charge in [0.25, 0.3) is 0 Å². The van der Waals surface area contributed by atoms with Crippen LogP contribution in [0, 0.1) is 13.8 Å². The molecule has 27 heavy (non-hydrogen) atoms. The summed E-state index contributed by atoms with van der Waals surface area (Å²) in [5.74, 6) is 1.44. The topological polar surface area (TPSA) is 54.6 Å². The SMILES string of the molecule is C=NC1C=CC(C)=CC=C1NCSCc1cc(=O)oc2c(C)c(C)ccc12. The number of hydrogen-bond donors (Lipinski definition) is 1. The molecule has 140 valence electrons. The van der Waals surface area contributed by atoms with E-state index in [1.54, 1.807) is 17.8 Å². The summed E-state index contributed by atoms with van der Waals surface area (Å²) in [4.78, 5) is 16.1. The first-order valence-electron chi connectivity index (χ1n) is 8.86. The van der Waals surface area contributed by atoms with Gasteiger partial charge in [-0.15, -0.1) is 11.8 Å². The smallest absolute Gasteiger partial charge is 0.336 e. The minimum absolute atomic E-state index is 0.0606. The Bertz CT molecular complexity index is 1010. The molecule has 0 fully saturated rings. The quantitative estimate of drug-likeness (QED) is 0.343. The number of aryl methyl sites for hydroxylation is 2. The van der Waals surface area contributed by atoms with E-state index in [4.69, 9.17) is 4.42 Å². The summed E-state index contributed by atoms with van der Waals surface area (Å²) < 4.78 is 5.44. The Kier molecular flexibility index (Phi) is 6.01. The molecule has 0 aliphatic heterocycles. The Morgan fingerprint density at radius 3 is 2.85 bits per heavy atom. The van der Waals surface area contributed by atoms with Gasteiger partial charge < -0.3 is 9.73 Å². The first kappa shape index (κ1) is 19.2. The Hall–Kier alpha value is -2.53. The van der Waals surface area contributed by atoms with Gasteiger partial charge in [-0.2, -0.15) is 0 Å². The zero-order valence-electron chi connectivity index (χ0n) is 15.9. The second-order valence-corrected chi connectivity index (χ2v) is 7.65. The predicted octanol–water partition coefficient (Wildman–Crippen LogP) is 4.66. The van der Waals surface area contributed by atoms with Crippen LogP contribution in [-0.2, 0) is 5.75 Å². The summed E-state index contributed by atoms with van der Waals surface area (Å²) in [6.45, 7) is 9.75. The molecule has 1 N–H and O–H groups in total. The monoisotopic (exact) mass is 380 g/mol. The minimum Gasteiger partial charge on any atom is -0.422 e. The molecule has 1 aromatic heterocycles. The number of rotatable bonds is 6. The Morgan fingerprint density at radius 2 is 2.07 bits per heavy atom. The van der Waals surface area contributed by atoms with Crippen LogP contribution in [0.1, 0.15) is 23.6 Å². The highest BCUT2D eigenvalue weighted by atomic mass is 32.2. The van der Waals surface area contributed by atoms with E-state index in [1.807, 2.05) is 32.1 Å². The third-order valence-corrected chi connectivity index (χ3v) is 5.60. The lowest BCUT2D eigenvalue weighted by molar-refractivity contribution is 0.557. The van der Waals surface area contributed by atoms with Crippen LogP contribution in [-0.4, -0.2) is 18.6 Å². The highest BCUT2D eigenvalue weighted by Crippen LogP contribution is 2.25. The van der Waals surface area contributed by atoms with Gasteiger partial charge in [-0.05, 0) is 50.3 Å². The lowest BCUT2D eigenvalue weighted by Gasteiger charge is -2.14. The maximum atomic E-state index is 12.0. The second kappa shape index (κ2) is 8.44. The fourth-order valence-corrected chi connectivity index (χ4v) is 3.81. The van der Waals surface area contributed by atoms with Crippen molar-refractivity contribution in [2.45, 2.75) is 32.6 Å². The van der Waals surface area contributed by atoms with Gasteiger partial charge in [0.15, 0.2) is 0 Å². The normalized spacial score (nSPS) is 16.6. The predicted molar refractivity (Wildman–Crippen MR) is 116 cm³/mol. The molecule has 0 saturated heterocycles. The van der Waals surface area contributed by atoms with Gasteiger partial charge in [0.2, 0.25) is 0 Å². The molecule has 1 aliphatic rings. The average molecular weight is 381 g/mol. The van der Waals surface area contributed by atoms with Crippen molar-refractivity contribution < 1.29 is 4.42 Å². The van der Waals surface area contributed by atoms with Crippen molar-refractivity contribution >= 4 is 29.4 Å². The van der Waals surface area contributed by atoms with E-state index in [-0.39, 0.29) is 11.7 Å². The first-order chi connectivity index (χ1) is 13.0. The summed E-state index contributed by atoms with van der Waals surface area (Å²) in [6, 6.07) is 5.64. The molecule has 5 heteroatoms. The maximum Gasteiger partial charge on any atom is 0.336 e. The number of benzene rings is 1. The Balaban J connectivity index is 1.71. The highest BCUT2D eigenvalue weighted by molar-refractivity contribution is 7.98. The molecule has 2 aromatic rings. The summed E-state index contributed by atoms with van der Waals surface area (Å²) >= 11 is 1.71. The van der Waals surface area contributed by atoms with Crippen LogP contribution in [0.15, 0.2) is 68.0 Å². The molecule has 1 atom stereocenters. The third kappa shape index (κ3) is 4.42. The van der Waals surface area contributed by atoms with Crippen LogP contribution >= 0.6 is 11.8 Å². The van der Waals surface area contributed by atoms with E-state index in [0.717, 1.165) is 33.5 Å². The molecule has 1 heterocycles. The zero-order valence-corrected chi connectivity index (χ0v) is 16.7. The van der Waals surface area contributed by atoms with E-state index in [2.05, 4.69) is 42.2 Å². The number of thioether (sulfide) groups is 1. The van der Waals surface area contributed by atoms with Crippen LogP contribution in [0.5, 0.6) is 0 Å². The van der Waals surface area contributed by atoms with Crippen LogP contribution < -0.4 is 10.9 Å². The standard InChI is InChI=1S/C22H24N2O2S/c1-14-5-9-19(23-4)20(10-6-14)24-13-27-12-17-11-21(25)26-22-16(3)15(2)7-8-18(17)22/h5-11,19,24H,4,12-13H2,1-3H3. The number of aliphatic imine (C=N–C) groups is 1. The van der Waals surface area contributed by atoms with Gasteiger partial charge in [-0.3, -0.25) is 4.99 Å². The van der Waals surface area contributed by atoms with E-state index in [0.29, 0.717) is 11.5 Å². The van der Waals surface area contributed by atoms with E-state index < -0.39 is 0 Å². The number of nitrogens with zero attached hydrogens (tertiary/aromatic N) is 1. The lowest BCUT2D eigenvalue weighted by atomic mass is 10.0. The van der Waals surface area contributed by atoms with Crippen molar-refractivity contribution in [3.8, 4) is 0 Å². The molecule has 3 rings (SSSR count). The third-order valence-electron chi connectivity index (χ3n) is 4.74. The second-order valence-electron chi connectivity index (χ2n) is 6.66. The van der Waals surface area contributed by atoms with Gasteiger partial charge in [0.05, 0.1) is 5.88 Å². The maximum absolute atomic E-state index is 12.0. The Morgan fingerprint density at radius 1 is 1.26 bits per heavy atom. The molecule has 0 radical (unpaired) electrons. The molecule has 1 aliphatic carbocycles. The number of hydrogen-bond acceptors (Lipinski definition) is 5. The van der Waals surface area contributed by atoms with Gasteiger partial charge in [-0.1, -0.05) is 35.9 Å². The average Bonchev–Trinajstić information content (AvgIpc) is 2.83. The number of nitrogens with one attached hydrogen (secondary N) is 1. The van der Waals surface area contributed by atoms with Crippen LogP contribution in [0.4, 0.5) is 0 Å². The largest absolute Gasteiger partial charge is 0.422 e. The fraction of sp³-hybridized carbons (Fsp3) is 0.273. The van der Waals surface area contributed by atoms with Gasteiger partial charge in [-0.25, -0.2) is 4.79 Å². The minimum atomic E-state index is -0.298. The van der Waals surface area contributed by atoms with E-state index in [1.165, 1.54) is 5.57 Å². The zero-order chi connectivity index (χ0) is 19.4. The molecule has 0 spiro atoms. The molecule has 0 saturated carbocycles. The lowest BCUT2D eigenvalue weighted by Crippen LogP contribution is -2.21.